The number of nitrogens with one attached hydrogen (secondary N) is 1. The molecule has 1 unspecified atom stereocenters. The smallest absolute Gasteiger partial charge is 0.123 e. The normalized spacial score (nSPS) is 17.4. The number of halogens is 1. The highest BCUT2D eigenvalue weighted by Crippen LogP contribution is 2.30. The minimum Gasteiger partial charge on any atom is -0.393 e. The van der Waals surface area contributed by atoms with E-state index >= 15 is 0 Å². The minimum atomic E-state index is -0.216. The van der Waals surface area contributed by atoms with Crippen LogP contribution in [0.15, 0.2) is 29.9 Å². The van der Waals surface area contributed by atoms with E-state index in [0.717, 1.165) is 48.6 Å². The van der Waals surface area contributed by atoms with Crippen molar-refractivity contribution in [2.75, 3.05) is 18.0 Å². The number of thiazole rings is 1. The molecule has 0 bridgehead atoms. The lowest BCUT2D eigenvalue weighted by molar-refractivity contribution is 0.145. The zero-order valence-corrected chi connectivity index (χ0v) is 14.0. The molecule has 2 N–H and O–H groups in total. The maximum atomic E-state index is 13.8. The van der Waals surface area contributed by atoms with Gasteiger partial charge in [0.05, 0.1) is 11.6 Å². The predicted molar refractivity (Wildman–Crippen MR) is 91.2 cm³/mol. The predicted octanol–water partition coefficient (Wildman–Crippen LogP) is 3.09. The van der Waals surface area contributed by atoms with Gasteiger partial charge in [-0.1, -0.05) is 0 Å². The van der Waals surface area contributed by atoms with Gasteiger partial charge in [-0.05, 0) is 43.5 Å². The molecule has 0 saturated carbocycles. The number of nitrogens with zero attached hydrogens (tertiary/aromatic N) is 2. The number of rotatable bonds is 5. The summed E-state index contributed by atoms with van der Waals surface area (Å²) in [5, 5.41) is 13.1. The maximum Gasteiger partial charge on any atom is 0.123 e. The fraction of sp³-hybridized carbons (Fsp3) is 0.471. The molecule has 1 aromatic heterocycles. The summed E-state index contributed by atoms with van der Waals surface area (Å²) in [6.07, 6.45) is 3.17. The van der Waals surface area contributed by atoms with Gasteiger partial charge in [0.1, 0.15) is 5.82 Å². The zero-order chi connectivity index (χ0) is 16.2. The monoisotopic (exact) mass is 335 g/mol. The van der Waals surface area contributed by atoms with Crippen LogP contribution in [0.1, 0.15) is 36.2 Å². The number of aromatic nitrogens is 1. The summed E-state index contributed by atoms with van der Waals surface area (Å²) in [5.74, 6) is -0.216. The Hall–Kier alpha value is -1.50. The molecule has 1 aromatic carbocycles. The van der Waals surface area contributed by atoms with Gasteiger partial charge in [-0.3, -0.25) is 4.98 Å². The summed E-state index contributed by atoms with van der Waals surface area (Å²) in [5.41, 5.74) is 3.84. The highest BCUT2D eigenvalue weighted by molar-refractivity contribution is 7.09. The Kier molecular flexibility index (Phi) is 5.25. The molecular formula is C17H22FN3OS. The highest BCUT2D eigenvalue weighted by atomic mass is 32.1. The van der Waals surface area contributed by atoms with Crippen molar-refractivity contribution in [1.82, 2.24) is 10.3 Å². The van der Waals surface area contributed by atoms with Crippen molar-refractivity contribution in [3.05, 3.63) is 46.2 Å². The van der Waals surface area contributed by atoms with Gasteiger partial charge < -0.3 is 15.3 Å². The molecule has 23 heavy (non-hydrogen) atoms. The molecule has 4 nitrogen and oxygen atoms in total. The molecule has 1 saturated heterocycles. The quantitative estimate of drug-likeness (QED) is 0.881. The van der Waals surface area contributed by atoms with E-state index in [1.54, 1.807) is 17.4 Å². The van der Waals surface area contributed by atoms with Gasteiger partial charge in [-0.2, -0.15) is 0 Å². The average Bonchev–Trinajstić information content (AvgIpc) is 3.07. The first kappa shape index (κ1) is 16.4. The Balaban J connectivity index is 1.75. The van der Waals surface area contributed by atoms with E-state index in [2.05, 4.69) is 22.1 Å². The Morgan fingerprint density at radius 2 is 2.22 bits per heavy atom. The summed E-state index contributed by atoms with van der Waals surface area (Å²) in [6, 6.07) is 5.02. The molecule has 124 valence electrons. The molecule has 2 aromatic rings. The summed E-state index contributed by atoms with van der Waals surface area (Å²) < 4.78 is 13.8. The molecule has 3 rings (SSSR count). The molecule has 1 aliphatic rings. The molecule has 0 aliphatic carbocycles. The van der Waals surface area contributed by atoms with E-state index in [0.29, 0.717) is 0 Å². The number of piperidine rings is 1. The summed E-state index contributed by atoms with van der Waals surface area (Å²) in [4.78, 5) is 7.48. The summed E-state index contributed by atoms with van der Waals surface area (Å²) in [7, 11) is 0. The topological polar surface area (TPSA) is 48.4 Å². The molecule has 6 heteroatoms. The molecule has 0 spiro atoms. The molecule has 0 amide bonds. The fourth-order valence-electron chi connectivity index (χ4n) is 2.96. The van der Waals surface area contributed by atoms with Crippen LogP contribution in [0.2, 0.25) is 0 Å². The van der Waals surface area contributed by atoms with Crippen molar-refractivity contribution in [3.63, 3.8) is 0 Å². The van der Waals surface area contributed by atoms with Crippen LogP contribution >= 0.6 is 11.3 Å². The van der Waals surface area contributed by atoms with Crippen LogP contribution in [-0.2, 0) is 6.54 Å². The second-order valence-corrected chi connectivity index (χ2v) is 6.96. The van der Waals surface area contributed by atoms with E-state index in [4.69, 9.17) is 0 Å². The number of aliphatic hydroxyl groups excluding tert-OH is 1. The molecule has 0 radical (unpaired) electrons. The lowest BCUT2D eigenvalue weighted by Gasteiger charge is -2.34. The van der Waals surface area contributed by atoms with Crippen molar-refractivity contribution < 1.29 is 9.50 Å². The second-order valence-electron chi connectivity index (χ2n) is 5.99. The number of aliphatic hydroxyl groups is 1. The third-order valence-electron chi connectivity index (χ3n) is 4.33. The first-order valence-corrected chi connectivity index (χ1v) is 8.84. The third kappa shape index (κ3) is 4.07. The lowest BCUT2D eigenvalue weighted by Crippen LogP contribution is -2.37. The first-order chi connectivity index (χ1) is 11.1. The van der Waals surface area contributed by atoms with Crippen molar-refractivity contribution >= 4 is 17.0 Å². The zero-order valence-electron chi connectivity index (χ0n) is 13.2. The second kappa shape index (κ2) is 7.38. The van der Waals surface area contributed by atoms with Crippen molar-refractivity contribution in [2.24, 2.45) is 0 Å². The van der Waals surface area contributed by atoms with Crippen LogP contribution in [0.25, 0.3) is 0 Å². The van der Waals surface area contributed by atoms with Crippen LogP contribution < -0.4 is 10.2 Å². The average molecular weight is 335 g/mol. The maximum absolute atomic E-state index is 13.8. The minimum absolute atomic E-state index is 0.0367. The van der Waals surface area contributed by atoms with Gasteiger partial charge in [-0.15, -0.1) is 11.3 Å². The Bertz CT molecular complexity index is 627. The summed E-state index contributed by atoms with van der Waals surface area (Å²) in [6.45, 7) is 4.39. The Labute approximate surface area is 140 Å². The molecule has 1 aliphatic heterocycles. The van der Waals surface area contributed by atoms with Gasteiger partial charge in [0.25, 0.3) is 0 Å². The molecule has 1 atom stereocenters. The van der Waals surface area contributed by atoms with Gasteiger partial charge in [0.2, 0.25) is 0 Å². The SMILES string of the molecule is CC(NCc1cncs1)c1cc(F)ccc1N1CCC(O)CC1. The first-order valence-electron chi connectivity index (χ1n) is 7.96. The van der Waals surface area contributed by atoms with E-state index < -0.39 is 0 Å². The van der Waals surface area contributed by atoms with Gasteiger partial charge in [-0.25, -0.2) is 4.39 Å². The van der Waals surface area contributed by atoms with E-state index in [9.17, 15) is 9.50 Å². The standard InChI is InChI=1S/C17H22FN3OS/c1-12(20-10-15-9-19-11-23-15)16-8-13(18)2-3-17(16)21-6-4-14(22)5-7-21/h2-3,8-9,11-12,14,20,22H,4-7,10H2,1H3. The van der Waals surface area contributed by atoms with Crippen LogP contribution in [0.4, 0.5) is 10.1 Å². The molecule has 1 fully saturated rings. The largest absolute Gasteiger partial charge is 0.393 e. The van der Waals surface area contributed by atoms with Crippen LogP contribution in [-0.4, -0.2) is 29.3 Å². The van der Waals surface area contributed by atoms with Crippen LogP contribution in [0.3, 0.4) is 0 Å². The van der Waals surface area contributed by atoms with E-state index in [1.807, 2.05) is 17.8 Å². The summed E-state index contributed by atoms with van der Waals surface area (Å²) >= 11 is 1.61. The number of benzene rings is 1. The van der Waals surface area contributed by atoms with Crippen LogP contribution in [0.5, 0.6) is 0 Å². The van der Waals surface area contributed by atoms with Crippen molar-refractivity contribution in [1.29, 1.82) is 0 Å². The number of hydrogen-bond acceptors (Lipinski definition) is 5. The number of anilines is 1. The Morgan fingerprint density at radius 3 is 2.91 bits per heavy atom. The Morgan fingerprint density at radius 1 is 1.43 bits per heavy atom. The van der Waals surface area contributed by atoms with Gasteiger partial charge >= 0.3 is 0 Å². The van der Waals surface area contributed by atoms with Gasteiger partial charge in [0.15, 0.2) is 0 Å². The van der Waals surface area contributed by atoms with Gasteiger partial charge in [0, 0.05) is 42.4 Å². The molecule has 2 heterocycles. The highest BCUT2D eigenvalue weighted by Gasteiger charge is 2.21. The number of hydrogen-bond donors (Lipinski definition) is 2. The third-order valence-corrected chi connectivity index (χ3v) is 5.11. The fourth-order valence-corrected chi connectivity index (χ4v) is 3.51. The van der Waals surface area contributed by atoms with Crippen molar-refractivity contribution in [3.8, 4) is 0 Å². The van der Waals surface area contributed by atoms with E-state index in [1.165, 1.54) is 6.07 Å². The van der Waals surface area contributed by atoms with E-state index in [-0.39, 0.29) is 18.0 Å². The molecular weight excluding hydrogens is 313 g/mol. The lowest BCUT2D eigenvalue weighted by atomic mass is 10.0. The van der Waals surface area contributed by atoms with Crippen LogP contribution in [0, 0.1) is 5.82 Å². The van der Waals surface area contributed by atoms with Crippen molar-refractivity contribution in [2.45, 2.75) is 38.5 Å².